The van der Waals surface area contributed by atoms with Gasteiger partial charge >= 0.3 is 0 Å². The highest BCUT2D eigenvalue weighted by Gasteiger charge is 2.30. The van der Waals surface area contributed by atoms with Gasteiger partial charge in [0.15, 0.2) is 0 Å². The van der Waals surface area contributed by atoms with Gasteiger partial charge in [-0.3, -0.25) is 4.79 Å². The topological polar surface area (TPSA) is 37.3 Å². The van der Waals surface area contributed by atoms with Gasteiger partial charge in [-0.15, -0.1) is 0 Å². The number of nitrogens with one attached hydrogen (secondary N) is 1. The van der Waals surface area contributed by atoms with E-state index in [1.54, 1.807) is 6.07 Å². The number of hydrogen-bond donors (Lipinski definition) is 1. The monoisotopic (exact) mass is 283 g/mol. The Balaban J connectivity index is 2.24. The zero-order chi connectivity index (χ0) is 14.0. The van der Waals surface area contributed by atoms with E-state index >= 15 is 0 Å². The van der Waals surface area contributed by atoms with Crippen molar-refractivity contribution >= 4 is 17.5 Å². The third kappa shape index (κ3) is 2.95. The largest absolute Gasteiger partial charge is 0.339 e. The number of carbonyl (C=O) groups is 1. The predicted octanol–water partition coefficient (Wildman–Crippen LogP) is 2.55. The third-order valence-electron chi connectivity index (χ3n) is 3.67. The Morgan fingerprint density at radius 3 is 2.95 bits per heavy atom. The molecule has 0 saturated carbocycles. The van der Waals surface area contributed by atoms with Crippen LogP contribution >= 0.6 is 11.6 Å². The van der Waals surface area contributed by atoms with E-state index in [-0.39, 0.29) is 11.9 Å². The molecule has 0 aromatic carbocycles. The van der Waals surface area contributed by atoms with E-state index in [2.05, 4.69) is 19.2 Å². The van der Waals surface area contributed by atoms with Crippen LogP contribution in [0.15, 0.2) is 12.3 Å². The molecule has 2 heterocycles. The summed E-state index contributed by atoms with van der Waals surface area (Å²) in [5.74, 6) is 0.0957. The summed E-state index contributed by atoms with van der Waals surface area (Å²) in [4.78, 5) is 14.7. The fourth-order valence-corrected chi connectivity index (χ4v) is 2.95. The molecule has 19 heavy (non-hydrogen) atoms. The third-order valence-corrected chi connectivity index (χ3v) is 3.88. The van der Waals surface area contributed by atoms with Crippen LogP contribution in [0.5, 0.6) is 0 Å². The lowest BCUT2D eigenvalue weighted by Crippen LogP contribution is -2.41. The lowest BCUT2D eigenvalue weighted by atomic mass is 10.2. The first-order valence-corrected chi connectivity index (χ1v) is 7.25. The molecule has 1 atom stereocenters. The van der Waals surface area contributed by atoms with Gasteiger partial charge in [0.05, 0.1) is 5.02 Å². The molecule has 1 aliphatic rings. The van der Waals surface area contributed by atoms with Crippen molar-refractivity contribution in [3.05, 3.63) is 23.0 Å². The predicted molar refractivity (Wildman–Crippen MR) is 77.8 cm³/mol. The summed E-state index contributed by atoms with van der Waals surface area (Å²) in [6, 6.07) is 2.31. The Morgan fingerprint density at radius 1 is 1.58 bits per heavy atom. The van der Waals surface area contributed by atoms with Gasteiger partial charge in [0.25, 0.3) is 5.91 Å². The molecular formula is C14H22ClN3O. The summed E-state index contributed by atoms with van der Waals surface area (Å²) in [5, 5.41) is 3.79. The van der Waals surface area contributed by atoms with Crippen molar-refractivity contribution in [3.8, 4) is 0 Å². The number of likely N-dealkylation sites (tertiary alicyclic amines) is 1. The van der Waals surface area contributed by atoms with E-state index in [1.807, 2.05) is 22.7 Å². The van der Waals surface area contributed by atoms with Gasteiger partial charge in [0, 0.05) is 31.4 Å². The van der Waals surface area contributed by atoms with Gasteiger partial charge in [-0.25, -0.2) is 0 Å². The number of rotatable bonds is 4. The van der Waals surface area contributed by atoms with Crippen LogP contribution in [-0.4, -0.2) is 41.6 Å². The average molecular weight is 284 g/mol. The first-order valence-electron chi connectivity index (χ1n) is 6.87. The Kier molecular flexibility index (Phi) is 4.53. The van der Waals surface area contributed by atoms with Crippen LogP contribution in [0, 0.1) is 0 Å². The number of nitrogens with zero attached hydrogens (tertiary/aromatic N) is 2. The van der Waals surface area contributed by atoms with Crippen molar-refractivity contribution in [1.82, 2.24) is 14.8 Å². The molecule has 1 aliphatic heterocycles. The lowest BCUT2D eigenvalue weighted by Gasteiger charge is -2.25. The maximum absolute atomic E-state index is 12.7. The zero-order valence-electron chi connectivity index (χ0n) is 11.8. The van der Waals surface area contributed by atoms with Gasteiger partial charge in [0.2, 0.25) is 0 Å². The van der Waals surface area contributed by atoms with Gasteiger partial charge in [-0.2, -0.15) is 0 Å². The van der Waals surface area contributed by atoms with E-state index in [9.17, 15) is 4.79 Å². The minimum absolute atomic E-state index is 0.0957. The number of carbonyl (C=O) groups excluding carboxylic acids is 1. The Morgan fingerprint density at radius 2 is 2.32 bits per heavy atom. The molecule has 1 fully saturated rings. The fourth-order valence-electron chi connectivity index (χ4n) is 2.74. The standard InChI is InChI=1S/C14H22ClN3O/c1-10(2)18-9-11(15)7-13(18)14(19)17-6-4-5-12(17)8-16-3/h7,9-10,12,16H,4-6,8H2,1-3H3. The summed E-state index contributed by atoms with van der Waals surface area (Å²) in [6.45, 7) is 5.80. The van der Waals surface area contributed by atoms with E-state index in [1.165, 1.54) is 0 Å². The summed E-state index contributed by atoms with van der Waals surface area (Å²) >= 11 is 6.05. The van der Waals surface area contributed by atoms with Gasteiger partial charge in [-0.1, -0.05) is 11.6 Å². The molecule has 1 aromatic rings. The normalized spacial score (nSPS) is 19.4. The molecule has 1 saturated heterocycles. The van der Waals surface area contributed by atoms with Crippen molar-refractivity contribution in [2.45, 2.75) is 38.8 Å². The maximum Gasteiger partial charge on any atom is 0.270 e. The quantitative estimate of drug-likeness (QED) is 0.922. The molecule has 106 valence electrons. The van der Waals surface area contributed by atoms with Crippen molar-refractivity contribution in [1.29, 1.82) is 0 Å². The van der Waals surface area contributed by atoms with Crippen LogP contribution in [0.3, 0.4) is 0 Å². The molecule has 4 nitrogen and oxygen atoms in total. The van der Waals surface area contributed by atoms with Gasteiger partial charge < -0.3 is 14.8 Å². The minimum Gasteiger partial charge on any atom is -0.339 e. The Hall–Kier alpha value is -1.00. The molecular weight excluding hydrogens is 262 g/mol. The van der Waals surface area contributed by atoms with E-state index in [0.717, 1.165) is 25.9 Å². The average Bonchev–Trinajstić information content (AvgIpc) is 2.95. The van der Waals surface area contributed by atoms with Crippen LogP contribution in [-0.2, 0) is 0 Å². The molecule has 0 spiro atoms. The van der Waals surface area contributed by atoms with Crippen molar-refractivity contribution in [2.75, 3.05) is 20.1 Å². The van der Waals surface area contributed by atoms with E-state index < -0.39 is 0 Å². The summed E-state index contributed by atoms with van der Waals surface area (Å²) in [5.41, 5.74) is 0.697. The molecule has 5 heteroatoms. The number of likely N-dealkylation sites (N-methyl/N-ethyl adjacent to an activating group) is 1. The SMILES string of the molecule is CNCC1CCCN1C(=O)c1cc(Cl)cn1C(C)C. The Bertz CT molecular complexity index is 456. The molecule has 1 amide bonds. The zero-order valence-corrected chi connectivity index (χ0v) is 12.6. The van der Waals surface area contributed by atoms with Crippen molar-refractivity contribution < 1.29 is 4.79 Å². The first kappa shape index (κ1) is 14.4. The fraction of sp³-hybridized carbons (Fsp3) is 0.643. The number of hydrogen-bond acceptors (Lipinski definition) is 2. The van der Waals surface area contributed by atoms with Gasteiger partial charge in [-0.05, 0) is 39.8 Å². The van der Waals surface area contributed by atoms with Gasteiger partial charge in [0.1, 0.15) is 5.69 Å². The molecule has 1 aromatic heterocycles. The maximum atomic E-state index is 12.7. The summed E-state index contributed by atoms with van der Waals surface area (Å²) in [7, 11) is 1.93. The number of halogens is 1. The molecule has 0 aliphatic carbocycles. The highest BCUT2D eigenvalue weighted by molar-refractivity contribution is 6.31. The molecule has 0 bridgehead atoms. The van der Waals surface area contributed by atoms with Crippen LogP contribution in [0.2, 0.25) is 5.02 Å². The van der Waals surface area contributed by atoms with Crippen LogP contribution in [0.1, 0.15) is 43.2 Å². The smallest absolute Gasteiger partial charge is 0.270 e. The highest BCUT2D eigenvalue weighted by Crippen LogP contribution is 2.24. The second-order valence-electron chi connectivity index (χ2n) is 5.40. The molecule has 0 radical (unpaired) electrons. The number of aromatic nitrogens is 1. The highest BCUT2D eigenvalue weighted by atomic mass is 35.5. The molecule has 1 unspecified atom stereocenters. The first-order chi connectivity index (χ1) is 9.04. The summed E-state index contributed by atoms with van der Waals surface area (Å²) < 4.78 is 1.96. The van der Waals surface area contributed by atoms with Crippen LogP contribution in [0.4, 0.5) is 0 Å². The lowest BCUT2D eigenvalue weighted by molar-refractivity contribution is 0.0724. The summed E-state index contributed by atoms with van der Waals surface area (Å²) in [6.07, 6.45) is 3.99. The molecule has 1 N–H and O–H groups in total. The second-order valence-corrected chi connectivity index (χ2v) is 5.83. The Labute approximate surface area is 119 Å². The van der Waals surface area contributed by atoms with E-state index in [4.69, 9.17) is 11.6 Å². The van der Waals surface area contributed by atoms with Crippen molar-refractivity contribution in [3.63, 3.8) is 0 Å². The second kappa shape index (κ2) is 5.97. The van der Waals surface area contributed by atoms with E-state index in [0.29, 0.717) is 16.8 Å². The minimum atomic E-state index is 0.0957. The van der Waals surface area contributed by atoms with Crippen molar-refractivity contribution in [2.24, 2.45) is 0 Å². The van der Waals surface area contributed by atoms with Crippen LogP contribution in [0.25, 0.3) is 0 Å². The van der Waals surface area contributed by atoms with Crippen LogP contribution < -0.4 is 5.32 Å². The number of amides is 1. The molecule has 2 rings (SSSR count).